The molecule has 5 heteroatoms. The summed E-state index contributed by atoms with van der Waals surface area (Å²) in [5.41, 5.74) is 6.56. The van der Waals surface area contributed by atoms with Gasteiger partial charge in [-0.1, -0.05) is 59.6 Å². The lowest BCUT2D eigenvalue weighted by atomic mass is 10.0. The molecule has 0 atom stereocenters. The van der Waals surface area contributed by atoms with Crippen LogP contribution in [0.3, 0.4) is 0 Å². The van der Waals surface area contributed by atoms with Gasteiger partial charge in [0.2, 0.25) is 0 Å². The second-order valence-corrected chi connectivity index (χ2v) is 7.65. The van der Waals surface area contributed by atoms with Gasteiger partial charge in [0.1, 0.15) is 6.61 Å². The van der Waals surface area contributed by atoms with E-state index in [9.17, 15) is 0 Å². The van der Waals surface area contributed by atoms with Crippen LogP contribution in [0.5, 0.6) is 0 Å². The quantitative estimate of drug-likeness (QED) is 0.455. The van der Waals surface area contributed by atoms with Gasteiger partial charge in [-0.05, 0) is 55.5 Å². The van der Waals surface area contributed by atoms with Crippen molar-refractivity contribution in [1.82, 2.24) is 10.4 Å². The summed E-state index contributed by atoms with van der Waals surface area (Å²) in [7, 11) is 0. The van der Waals surface area contributed by atoms with Crippen molar-refractivity contribution in [1.29, 1.82) is 0 Å². The van der Waals surface area contributed by atoms with E-state index in [1.807, 2.05) is 24.4 Å². The molecule has 2 aromatic rings. The molecule has 1 fully saturated rings. The van der Waals surface area contributed by atoms with E-state index in [0.717, 1.165) is 44.5 Å². The number of halogens is 2. The van der Waals surface area contributed by atoms with Crippen LogP contribution >= 0.6 is 23.2 Å². The van der Waals surface area contributed by atoms with E-state index >= 15 is 0 Å². The van der Waals surface area contributed by atoms with E-state index in [4.69, 9.17) is 28.0 Å². The molecule has 1 N–H and O–H groups in total. The molecule has 0 amide bonds. The Morgan fingerprint density at radius 1 is 0.963 bits per heavy atom. The van der Waals surface area contributed by atoms with Crippen LogP contribution in [-0.4, -0.2) is 24.5 Å². The van der Waals surface area contributed by atoms with Gasteiger partial charge >= 0.3 is 0 Å². The average Bonchev–Trinajstić information content (AvgIpc) is 2.69. The molecule has 0 bridgehead atoms. The third-order valence-electron chi connectivity index (χ3n) is 4.91. The van der Waals surface area contributed by atoms with Crippen molar-refractivity contribution in [3.63, 3.8) is 0 Å². The third kappa shape index (κ3) is 6.54. The molecule has 1 saturated heterocycles. The van der Waals surface area contributed by atoms with E-state index in [-0.39, 0.29) is 0 Å². The first-order chi connectivity index (χ1) is 13.2. The fraction of sp³-hybridized carbons (Fsp3) is 0.364. The van der Waals surface area contributed by atoms with E-state index in [1.165, 1.54) is 17.6 Å². The fourth-order valence-corrected chi connectivity index (χ4v) is 3.78. The predicted octanol–water partition coefficient (Wildman–Crippen LogP) is 5.63. The number of hydrogen-bond donors (Lipinski definition) is 1. The molecule has 27 heavy (non-hydrogen) atoms. The molecule has 3 rings (SSSR count). The average molecular weight is 405 g/mol. The highest BCUT2D eigenvalue weighted by Crippen LogP contribution is 2.24. The smallest absolute Gasteiger partial charge is 0.102 e. The molecule has 2 aromatic carbocycles. The molecular weight excluding hydrogens is 379 g/mol. The number of nitrogens with zero attached hydrogens (tertiary/aromatic N) is 1. The zero-order valence-electron chi connectivity index (χ0n) is 15.5. The summed E-state index contributed by atoms with van der Waals surface area (Å²) >= 11 is 12.3. The standard InChI is InChI=1S/C22H26Cl2N2O/c23-21-9-4-10-22(24)20(21)17-27-25-16-19-11-14-26(15-12-19)13-5-8-18-6-2-1-3-7-18/h1-4,6-7,9-10,16,25H,5,8,11-15,17H2. The van der Waals surface area contributed by atoms with Crippen molar-refractivity contribution >= 4 is 23.2 Å². The minimum absolute atomic E-state index is 0.341. The summed E-state index contributed by atoms with van der Waals surface area (Å²) in [5.74, 6) is 0. The first kappa shape index (κ1) is 20.2. The summed E-state index contributed by atoms with van der Waals surface area (Å²) in [5, 5.41) is 1.25. The van der Waals surface area contributed by atoms with Gasteiger partial charge in [-0.25, -0.2) is 0 Å². The van der Waals surface area contributed by atoms with Gasteiger partial charge in [0.15, 0.2) is 0 Å². The molecule has 0 radical (unpaired) electrons. The maximum Gasteiger partial charge on any atom is 0.102 e. The lowest BCUT2D eigenvalue weighted by molar-refractivity contribution is 0.0565. The Morgan fingerprint density at radius 2 is 1.67 bits per heavy atom. The summed E-state index contributed by atoms with van der Waals surface area (Å²) < 4.78 is 0. The number of nitrogens with one attached hydrogen (secondary N) is 1. The first-order valence-corrected chi connectivity index (χ1v) is 10.2. The maximum absolute atomic E-state index is 6.14. The maximum atomic E-state index is 6.14. The topological polar surface area (TPSA) is 24.5 Å². The van der Waals surface area contributed by atoms with Gasteiger partial charge in [0, 0.05) is 34.9 Å². The van der Waals surface area contributed by atoms with Crippen LogP contribution in [0.1, 0.15) is 30.4 Å². The molecule has 0 unspecified atom stereocenters. The molecule has 1 aliphatic heterocycles. The van der Waals surface area contributed by atoms with Crippen LogP contribution in [0.2, 0.25) is 10.0 Å². The Hall–Kier alpha value is -1.52. The van der Waals surface area contributed by atoms with Gasteiger partial charge in [0.05, 0.1) is 0 Å². The molecule has 1 heterocycles. The minimum atomic E-state index is 0.341. The number of hydroxylamine groups is 1. The predicted molar refractivity (Wildman–Crippen MR) is 113 cm³/mol. The third-order valence-corrected chi connectivity index (χ3v) is 5.61. The van der Waals surface area contributed by atoms with Crippen LogP contribution in [0.15, 0.2) is 60.3 Å². The second kappa shape index (κ2) is 10.7. The van der Waals surface area contributed by atoms with Crippen LogP contribution < -0.4 is 5.48 Å². The number of piperidine rings is 1. The zero-order valence-corrected chi connectivity index (χ0v) is 17.0. The lowest BCUT2D eigenvalue weighted by Gasteiger charge is -2.28. The molecule has 144 valence electrons. The first-order valence-electron chi connectivity index (χ1n) is 9.47. The molecule has 0 aliphatic carbocycles. The van der Waals surface area contributed by atoms with Gasteiger partial charge < -0.3 is 4.90 Å². The Kier molecular flexibility index (Phi) is 8.03. The highest BCUT2D eigenvalue weighted by Gasteiger charge is 2.13. The fourth-order valence-electron chi connectivity index (χ4n) is 3.27. The summed E-state index contributed by atoms with van der Waals surface area (Å²) in [4.78, 5) is 8.06. The monoisotopic (exact) mass is 404 g/mol. The number of aryl methyl sites for hydroxylation is 1. The van der Waals surface area contributed by atoms with Gasteiger partial charge in [-0.2, -0.15) is 0 Å². The van der Waals surface area contributed by atoms with Crippen LogP contribution in [0.25, 0.3) is 0 Å². The SMILES string of the molecule is Clc1cccc(Cl)c1CONC=C1CCN(CCCc2ccccc2)CC1. The molecule has 3 nitrogen and oxygen atoms in total. The van der Waals surface area contributed by atoms with Crippen molar-refractivity contribution in [2.45, 2.75) is 32.3 Å². The molecule has 0 aromatic heterocycles. The van der Waals surface area contributed by atoms with Crippen molar-refractivity contribution < 1.29 is 4.84 Å². The lowest BCUT2D eigenvalue weighted by Crippen LogP contribution is -2.32. The summed E-state index contributed by atoms with van der Waals surface area (Å²) in [6.45, 7) is 3.72. The number of hydrogen-bond acceptors (Lipinski definition) is 3. The van der Waals surface area contributed by atoms with E-state index < -0.39 is 0 Å². The molecular formula is C22H26Cl2N2O. The number of rotatable bonds is 8. The molecule has 1 aliphatic rings. The van der Waals surface area contributed by atoms with E-state index in [0.29, 0.717) is 16.7 Å². The van der Waals surface area contributed by atoms with Crippen molar-refractivity contribution in [3.05, 3.63) is 81.5 Å². The highest BCUT2D eigenvalue weighted by atomic mass is 35.5. The Bertz CT molecular complexity index is 719. The largest absolute Gasteiger partial charge is 0.303 e. The minimum Gasteiger partial charge on any atom is -0.303 e. The van der Waals surface area contributed by atoms with Crippen LogP contribution in [0.4, 0.5) is 0 Å². The van der Waals surface area contributed by atoms with Crippen LogP contribution in [0, 0.1) is 0 Å². The van der Waals surface area contributed by atoms with Gasteiger partial charge in [-0.15, -0.1) is 0 Å². The highest BCUT2D eigenvalue weighted by molar-refractivity contribution is 6.35. The zero-order chi connectivity index (χ0) is 18.9. The van der Waals surface area contributed by atoms with Crippen molar-refractivity contribution in [2.75, 3.05) is 19.6 Å². The van der Waals surface area contributed by atoms with Crippen molar-refractivity contribution in [3.8, 4) is 0 Å². The van der Waals surface area contributed by atoms with Crippen LogP contribution in [-0.2, 0) is 17.9 Å². The summed E-state index contributed by atoms with van der Waals surface area (Å²) in [6, 6.07) is 16.2. The Labute approximate surface area is 171 Å². The number of likely N-dealkylation sites (tertiary alicyclic amines) is 1. The Morgan fingerprint density at radius 3 is 2.37 bits per heavy atom. The van der Waals surface area contributed by atoms with E-state index in [1.54, 1.807) is 0 Å². The van der Waals surface area contributed by atoms with Crippen molar-refractivity contribution in [2.24, 2.45) is 0 Å². The Balaban J connectivity index is 1.33. The van der Waals surface area contributed by atoms with Gasteiger partial charge in [0.25, 0.3) is 0 Å². The molecule has 0 saturated carbocycles. The number of benzene rings is 2. The van der Waals surface area contributed by atoms with Gasteiger partial charge in [-0.3, -0.25) is 10.3 Å². The second-order valence-electron chi connectivity index (χ2n) is 6.84. The normalized spacial score (nSPS) is 15.0. The summed E-state index contributed by atoms with van der Waals surface area (Å²) in [6.07, 6.45) is 6.50. The van der Waals surface area contributed by atoms with E-state index in [2.05, 4.69) is 40.7 Å². The molecule has 0 spiro atoms.